The number of ketones is 1. The number of benzene rings is 1. The normalized spacial score (nSPS) is 20.2. The molecule has 0 aliphatic carbocycles. The van der Waals surface area contributed by atoms with Gasteiger partial charge >= 0.3 is 0 Å². The van der Waals surface area contributed by atoms with Gasteiger partial charge in [-0.2, -0.15) is 11.8 Å². The molecule has 1 aromatic carbocycles. The molecule has 0 saturated carbocycles. The zero-order valence-corrected chi connectivity index (χ0v) is 12.3. The Kier molecular flexibility index (Phi) is 5.10. The summed E-state index contributed by atoms with van der Waals surface area (Å²) in [6, 6.07) is 5.26. The van der Waals surface area contributed by atoms with E-state index >= 15 is 0 Å². The second-order valence-corrected chi connectivity index (χ2v) is 7.12. The molecule has 1 nitrogen and oxygen atoms in total. The summed E-state index contributed by atoms with van der Waals surface area (Å²) < 4.78 is 0. The minimum Gasteiger partial charge on any atom is -0.298 e. The predicted octanol–water partition coefficient (Wildman–Crippen LogP) is 3.95. The molecule has 0 spiro atoms. The van der Waals surface area contributed by atoms with E-state index in [2.05, 4.69) is 0 Å². The average molecular weight is 307 g/mol. The lowest BCUT2D eigenvalue weighted by molar-refractivity contribution is -0.117. The van der Waals surface area contributed by atoms with Gasteiger partial charge in [-0.25, -0.2) is 0 Å². The zero-order valence-electron chi connectivity index (χ0n) is 9.12. The Labute approximate surface area is 120 Å². The van der Waals surface area contributed by atoms with E-state index < -0.39 is 0 Å². The van der Waals surface area contributed by atoms with E-state index in [1.807, 2.05) is 11.8 Å². The Morgan fingerprint density at radius 3 is 2.88 bits per heavy atom. The van der Waals surface area contributed by atoms with Gasteiger partial charge in [0, 0.05) is 33.7 Å². The summed E-state index contributed by atoms with van der Waals surface area (Å²) in [4.78, 5) is 12.1. The van der Waals surface area contributed by atoms with Crippen LogP contribution in [0.2, 0.25) is 10.0 Å². The minimum absolute atomic E-state index is 0.115. The smallest absolute Gasteiger partial charge is 0.151 e. The highest BCUT2D eigenvalue weighted by molar-refractivity contribution is 8.07. The number of rotatable bonds is 3. The third-order valence-corrected chi connectivity index (χ3v) is 5.95. The molecule has 1 aromatic rings. The van der Waals surface area contributed by atoms with Crippen molar-refractivity contribution < 1.29 is 4.79 Å². The summed E-state index contributed by atoms with van der Waals surface area (Å²) in [5, 5.41) is 1.36. The topological polar surface area (TPSA) is 17.1 Å². The fourth-order valence-corrected chi connectivity index (χ4v) is 4.68. The van der Waals surface area contributed by atoms with Crippen molar-refractivity contribution in [1.29, 1.82) is 0 Å². The molecule has 1 aliphatic heterocycles. The standard InChI is InChI=1S/C12H12Cl2OS2/c13-9-1-2-10(14)8(5-9)6-11(15)12-7-16-3-4-17-12/h1-2,5,12H,3-4,6-7H2. The average Bonchev–Trinajstić information content (AvgIpc) is 2.35. The van der Waals surface area contributed by atoms with Crippen molar-refractivity contribution in [2.24, 2.45) is 0 Å². The lowest BCUT2D eigenvalue weighted by Gasteiger charge is -2.19. The number of halogens is 2. The van der Waals surface area contributed by atoms with Crippen LogP contribution in [0.1, 0.15) is 5.56 Å². The summed E-state index contributed by atoms with van der Waals surface area (Å²) in [5.41, 5.74) is 0.834. The predicted molar refractivity (Wildman–Crippen MR) is 78.7 cm³/mol. The van der Waals surface area contributed by atoms with Crippen LogP contribution in [-0.2, 0) is 11.2 Å². The van der Waals surface area contributed by atoms with E-state index in [-0.39, 0.29) is 11.0 Å². The highest BCUT2D eigenvalue weighted by Gasteiger charge is 2.22. The van der Waals surface area contributed by atoms with Crippen LogP contribution in [0.5, 0.6) is 0 Å². The number of Topliss-reactive ketones (excluding diaryl/α,β-unsaturated/α-hetero) is 1. The maximum atomic E-state index is 12.1. The summed E-state index contributed by atoms with van der Waals surface area (Å²) in [6.45, 7) is 0. The van der Waals surface area contributed by atoms with Crippen LogP contribution in [0, 0.1) is 0 Å². The van der Waals surface area contributed by atoms with Crippen molar-refractivity contribution in [3.05, 3.63) is 33.8 Å². The highest BCUT2D eigenvalue weighted by atomic mass is 35.5. The number of hydrogen-bond donors (Lipinski definition) is 0. The van der Waals surface area contributed by atoms with Crippen LogP contribution >= 0.6 is 46.7 Å². The van der Waals surface area contributed by atoms with Crippen LogP contribution in [0.25, 0.3) is 0 Å². The number of hydrogen-bond acceptors (Lipinski definition) is 3. The van der Waals surface area contributed by atoms with Gasteiger partial charge in [0.05, 0.1) is 5.25 Å². The monoisotopic (exact) mass is 306 g/mol. The summed E-state index contributed by atoms with van der Waals surface area (Å²) in [5.74, 6) is 3.38. The minimum atomic E-state index is 0.115. The van der Waals surface area contributed by atoms with Gasteiger partial charge in [-0.1, -0.05) is 23.2 Å². The quantitative estimate of drug-likeness (QED) is 0.841. The second kappa shape index (κ2) is 6.37. The summed E-state index contributed by atoms with van der Waals surface area (Å²) in [6.07, 6.45) is 0.387. The largest absolute Gasteiger partial charge is 0.298 e. The molecule has 1 heterocycles. The molecule has 1 unspecified atom stereocenters. The van der Waals surface area contributed by atoms with E-state index in [1.165, 1.54) is 0 Å². The first-order valence-electron chi connectivity index (χ1n) is 5.33. The molecule has 0 N–H and O–H groups in total. The van der Waals surface area contributed by atoms with Gasteiger partial charge in [-0.15, -0.1) is 11.8 Å². The molecule has 5 heteroatoms. The molecule has 0 amide bonds. The first-order chi connectivity index (χ1) is 8.16. The van der Waals surface area contributed by atoms with E-state index in [4.69, 9.17) is 23.2 Å². The van der Waals surface area contributed by atoms with Gasteiger partial charge < -0.3 is 0 Å². The Morgan fingerprint density at radius 1 is 1.35 bits per heavy atom. The third kappa shape index (κ3) is 3.82. The van der Waals surface area contributed by atoms with E-state index in [1.54, 1.807) is 30.0 Å². The molecule has 1 fully saturated rings. The molecule has 1 saturated heterocycles. The van der Waals surface area contributed by atoms with Crippen molar-refractivity contribution in [1.82, 2.24) is 0 Å². The van der Waals surface area contributed by atoms with Gasteiger partial charge in [0.2, 0.25) is 0 Å². The third-order valence-electron chi connectivity index (χ3n) is 2.55. The number of carbonyl (C=O) groups is 1. The fourth-order valence-electron chi connectivity index (χ4n) is 1.65. The second-order valence-electron chi connectivity index (χ2n) is 3.81. The van der Waals surface area contributed by atoms with Crippen molar-refractivity contribution in [2.45, 2.75) is 11.7 Å². The number of carbonyl (C=O) groups excluding carboxylic acids is 1. The molecular formula is C12H12Cl2OS2. The molecule has 0 aromatic heterocycles. The van der Waals surface area contributed by atoms with Crippen LogP contribution in [-0.4, -0.2) is 28.3 Å². The molecular weight excluding hydrogens is 295 g/mol. The van der Waals surface area contributed by atoms with Gasteiger partial charge in [0.15, 0.2) is 5.78 Å². The molecule has 0 radical (unpaired) electrons. The first-order valence-corrected chi connectivity index (χ1v) is 8.29. The Balaban J connectivity index is 2.04. The van der Waals surface area contributed by atoms with Crippen LogP contribution in [0.4, 0.5) is 0 Å². The SMILES string of the molecule is O=C(Cc1cc(Cl)ccc1Cl)C1CSCCS1. The highest BCUT2D eigenvalue weighted by Crippen LogP contribution is 2.27. The molecule has 1 aliphatic rings. The summed E-state index contributed by atoms with van der Waals surface area (Å²) >= 11 is 15.6. The van der Waals surface area contributed by atoms with E-state index in [0.29, 0.717) is 16.5 Å². The number of thioether (sulfide) groups is 2. The van der Waals surface area contributed by atoms with E-state index in [9.17, 15) is 4.79 Å². The Bertz CT molecular complexity index is 417. The maximum Gasteiger partial charge on any atom is 0.151 e. The lowest BCUT2D eigenvalue weighted by Crippen LogP contribution is -2.25. The van der Waals surface area contributed by atoms with Gasteiger partial charge in [-0.3, -0.25) is 4.79 Å². The van der Waals surface area contributed by atoms with Crippen molar-refractivity contribution in [3.63, 3.8) is 0 Å². The molecule has 0 bridgehead atoms. The fraction of sp³-hybridized carbons (Fsp3) is 0.417. The lowest BCUT2D eigenvalue weighted by atomic mass is 10.1. The Hall–Kier alpha value is 0.170. The molecule has 1 atom stereocenters. The van der Waals surface area contributed by atoms with Gasteiger partial charge in [-0.05, 0) is 23.8 Å². The van der Waals surface area contributed by atoms with Crippen molar-refractivity contribution in [3.8, 4) is 0 Å². The molecule has 2 rings (SSSR count). The first kappa shape index (κ1) is 13.6. The maximum absolute atomic E-state index is 12.1. The van der Waals surface area contributed by atoms with Crippen LogP contribution in [0.15, 0.2) is 18.2 Å². The molecule has 17 heavy (non-hydrogen) atoms. The Morgan fingerprint density at radius 2 is 2.18 bits per heavy atom. The van der Waals surface area contributed by atoms with Gasteiger partial charge in [0.25, 0.3) is 0 Å². The van der Waals surface area contributed by atoms with Crippen LogP contribution < -0.4 is 0 Å². The van der Waals surface area contributed by atoms with Gasteiger partial charge in [0.1, 0.15) is 0 Å². The van der Waals surface area contributed by atoms with Crippen LogP contribution in [0.3, 0.4) is 0 Å². The van der Waals surface area contributed by atoms with E-state index in [0.717, 1.165) is 22.8 Å². The molecule has 92 valence electrons. The summed E-state index contributed by atoms with van der Waals surface area (Å²) in [7, 11) is 0. The van der Waals surface area contributed by atoms with Crippen molar-refractivity contribution >= 4 is 52.5 Å². The zero-order chi connectivity index (χ0) is 12.3. The van der Waals surface area contributed by atoms with Crippen molar-refractivity contribution in [2.75, 3.05) is 17.3 Å².